The average molecular weight is 372 g/mol. The van der Waals surface area contributed by atoms with Gasteiger partial charge in [-0.2, -0.15) is 13.2 Å². The Balaban J connectivity index is 1.99. The zero-order valence-corrected chi connectivity index (χ0v) is 14.4. The van der Waals surface area contributed by atoms with Crippen LogP contribution in [0.4, 0.5) is 24.7 Å². The zero-order chi connectivity index (χ0) is 18.4. The number of rotatable bonds is 3. The summed E-state index contributed by atoms with van der Waals surface area (Å²) < 4.78 is 44.8. The molecule has 2 N–H and O–H groups in total. The van der Waals surface area contributed by atoms with Gasteiger partial charge in [0.2, 0.25) is 0 Å². The Bertz CT molecular complexity index is 870. The molecule has 1 atom stereocenters. The number of aromatic nitrogens is 1. The molecule has 4 nitrogen and oxygen atoms in total. The number of halogens is 4. The first-order valence-electron chi connectivity index (χ1n) is 7.59. The van der Waals surface area contributed by atoms with Crippen LogP contribution in [-0.2, 0) is 6.42 Å². The molecule has 0 radical (unpaired) electrons. The van der Waals surface area contributed by atoms with Crippen molar-refractivity contribution in [3.05, 3.63) is 41.5 Å². The Kier molecular flexibility index (Phi) is 4.23. The van der Waals surface area contributed by atoms with Crippen LogP contribution in [0.5, 0.6) is 0 Å². The normalized spacial score (nSPS) is 20.8. The lowest BCUT2D eigenvalue weighted by atomic mass is 9.88. The smallest absolute Gasteiger partial charge is 0.380 e. The summed E-state index contributed by atoms with van der Waals surface area (Å²) in [6.07, 6.45) is -0.459. The van der Waals surface area contributed by atoms with Crippen molar-refractivity contribution in [1.82, 2.24) is 5.16 Å². The summed E-state index contributed by atoms with van der Waals surface area (Å²) in [6.45, 7) is 0. The first kappa shape index (κ1) is 17.7. The van der Waals surface area contributed by atoms with Gasteiger partial charge in [0.1, 0.15) is 0 Å². The molecular weight excluding hydrogens is 355 g/mol. The van der Waals surface area contributed by atoms with Crippen molar-refractivity contribution in [3.8, 4) is 0 Å². The van der Waals surface area contributed by atoms with E-state index in [1.54, 1.807) is 12.1 Å². The Morgan fingerprint density at radius 2 is 2.08 bits per heavy atom. The van der Waals surface area contributed by atoms with Gasteiger partial charge in [0.25, 0.3) is 0 Å². The SMILES string of the molecule is CN(C)c1c(CC2=CC=CC(Cl)(C(F)(F)F)C2)ccc2onc(N)c12. The minimum Gasteiger partial charge on any atom is -0.380 e. The highest BCUT2D eigenvalue weighted by molar-refractivity contribution is 6.26. The first-order valence-corrected chi connectivity index (χ1v) is 7.97. The van der Waals surface area contributed by atoms with Crippen molar-refractivity contribution in [3.63, 3.8) is 0 Å². The molecule has 8 heteroatoms. The number of fused-ring (bicyclic) bond motifs is 1. The fourth-order valence-corrected chi connectivity index (χ4v) is 3.33. The number of hydrogen-bond acceptors (Lipinski definition) is 4. The number of alkyl halides is 4. The van der Waals surface area contributed by atoms with Gasteiger partial charge >= 0.3 is 6.18 Å². The van der Waals surface area contributed by atoms with Crippen molar-refractivity contribution in [2.75, 3.05) is 24.7 Å². The zero-order valence-electron chi connectivity index (χ0n) is 13.7. The number of nitrogens with two attached hydrogens (primary N) is 1. The fourth-order valence-electron chi connectivity index (χ4n) is 3.08. The predicted octanol–water partition coefficient (Wildman–Crippen LogP) is 4.44. The van der Waals surface area contributed by atoms with Gasteiger partial charge in [0.15, 0.2) is 16.3 Å². The second-order valence-electron chi connectivity index (χ2n) is 6.31. The van der Waals surface area contributed by atoms with E-state index in [1.165, 1.54) is 6.08 Å². The third kappa shape index (κ3) is 3.08. The van der Waals surface area contributed by atoms with Crippen molar-refractivity contribution < 1.29 is 17.7 Å². The molecule has 0 saturated heterocycles. The van der Waals surface area contributed by atoms with E-state index >= 15 is 0 Å². The molecule has 25 heavy (non-hydrogen) atoms. The fraction of sp³-hybridized carbons (Fsp3) is 0.353. The van der Waals surface area contributed by atoms with E-state index in [0.29, 0.717) is 23.0 Å². The van der Waals surface area contributed by atoms with E-state index in [0.717, 1.165) is 17.3 Å². The van der Waals surface area contributed by atoms with Crippen molar-refractivity contribution in [1.29, 1.82) is 0 Å². The molecule has 3 rings (SSSR count). The lowest BCUT2D eigenvalue weighted by Gasteiger charge is -2.30. The van der Waals surface area contributed by atoms with E-state index in [-0.39, 0.29) is 12.2 Å². The average Bonchev–Trinajstić information content (AvgIpc) is 2.87. The first-order chi connectivity index (χ1) is 11.6. The quantitative estimate of drug-likeness (QED) is 0.810. The minimum atomic E-state index is -4.52. The standard InChI is InChI=1S/C17H17ClF3N3O/c1-24(2)14-11(5-6-12-13(14)15(22)23-25-12)8-10-4-3-7-16(18,9-10)17(19,20)21/h3-7H,8-9H2,1-2H3,(H2,22,23). The second kappa shape index (κ2) is 5.98. The van der Waals surface area contributed by atoms with Gasteiger partial charge in [-0.15, -0.1) is 11.6 Å². The van der Waals surface area contributed by atoms with Crippen LogP contribution in [0.2, 0.25) is 0 Å². The van der Waals surface area contributed by atoms with E-state index in [1.807, 2.05) is 25.1 Å². The molecule has 1 aliphatic carbocycles. The molecule has 0 amide bonds. The van der Waals surface area contributed by atoms with Gasteiger partial charge in [0.05, 0.1) is 11.1 Å². The lowest BCUT2D eigenvalue weighted by Crippen LogP contribution is -2.39. The number of nitrogens with zero attached hydrogens (tertiary/aromatic N) is 2. The third-order valence-electron chi connectivity index (χ3n) is 4.23. The Morgan fingerprint density at radius 1 is 1.36 bits per heavy atom. The summed E-state index contributed by atoms with van der Waals surface area (Å²) in [7, 11) is 3.67. The molecule has 2 aromatic rings. The summed E-state index contributed by atoms with van der Waals surface area (Å²) in [4.78, 5) is -0.516. The molecule has 0 aliphatic heterocycles. The van der Waals surface area contributed by atoms with Gasteiger partial charge < -0.3 is 15.2 Å². The molecule has 1 aromatic carbocycles. The minimum absolute atomic E-state index is 0.250. The molecule has 0 saturated carbocycles. The van der Waals surface area contributed by atoms with Crippen LogP contribution in [0.3, 0.4) is 0 Å². The molecule has 1 unspecified atom stereocenters. The van der Waals surface area contributed by atoms with E-state index < -0.39 is 11.1 Å². The Labute approximate surface area is 147 Å². The summed E-state index contributed by atoms with van der Waals surface area (Å²) in [6, 6.07) is 3.53. The van der Waals surface area contributed by atoms with Crippen LogP contribution in [-0.4, -0.2) is 30.3 Å². The molecule has 1 aromatic heterocycles. The monoisotopic (exact) mass is 371 g/mol. The molecule has 0 fully saturated rings. The molecule has 1 heterocycles. The van der Waals surface area contributed by atoms with Gasteiger partial charge in [-0.3, -0.25) is 0 Å². The number of benzene rings is 1. The maximum atomic E-state index is 13.2. The van der Waals surface area contributed by atoms with Crippen LogP contribution in [0.15, 0.2) is 40.5 Å². The van der Waals surface area contributed by atoms with Crippen molar-refractivity contribution in [2.24, 2.45) is 0 Å². The molecule has 134 valence electrons. The molecule has 1 aliphatic rings. The van der Waals surface area contributed by atoms with Gasteiger partial charge in [-0.05, 0) is 18.1 Å². The van der Waals surface area contributed by atoms with E-state index in [4.69, 9.17) is 21.9 Å². The van der Waals surface area contributed by atoms with Crippen LogP contribution >= 0.6 is 11.6 Å². The second-order valence-corrected chi connectivity index (χ2v) is 6.98. The highest BCUT2D eigenvalue weighted by Gasteiger charge is 2.52. The van der Waals surface area contributed by atoms with Gasteiger partial charge in [0, 0.05) is 20.5 Å². The number of nitrogen functional groups attached to an aromatic ring is 1. The summed E-state index contributed by atoms with van der Waals surface area (Å²) in [5.74, 6) is 0.250. The highest BCUT2D eigenvalue weighted by Crippen LogP contribution is 2.45. The Hall–Kier alpha value is -2.15. The number of hydrogen-bond donors (Lipinski definition) is 1. The summed E-state index contributed by atoms with van der Waals surface area (Å²) >= 11 is 5.81. The lowest BCUT2D eigenvalue weighted by molar-refractivity contribution is -0.150. The highest BCUT2D eigenvalue weighted by atomic mass is 35.5. The predicted molar refractivity (Wildman–Crippen MR) is 92.9 cm³/mol. The molecular formula is C17H17ClF3N3O. The van der Waals surface area contributed by atoms with Crippen LogP contribution in [0, 0.1) is 0 Å². The third-order valence-corrected chi connectivity index (χ3v) is 4.71. The molecule has 0 spiro atoms. The largest absolute Gasteiger partial charge is 0.411 e. The topological polar surface area (TPSA) is 55.3 Å². The molecule has 0 bridgehead atoms. The summed E-state index contributed by atoms with van der Waals surface area (Å²) in [5, 5.41) is 4.42. The maximum absolute atomic E-state index is 13.2. The maximum Gasteiger partial charge on any atom is 0.411 e. The van der Waals surface area contributed by atoms with Crippen LogP contribution in [0.1, 0.15) is 12.0 Å². The van der Waals surface area contributed by atoms with Crippen LogP contribution < -0.4 is 10.6 Å². The number of anilines is 2. The summed E-state index contributed by atoms with van der Waals surface area (Å²) in [5.41, 5.74) is 8.62. The van der Waals surface area contributed by atoms with Crippen LogP contribution in [0.25, 0.3) is 11.0 Å². The number of allylic oxidation sites excluding steroid dienone is 4. The Morgan fingerprint density at radius 3 is 2.72 bits per heavy atom. The van der Waals surface area contributed by atoms with Gasteiger partial charge in [-0.1, -0.05) is 35.0 Å². The van der Waals surface area contributed by atoms with Crippen molar-refractivity contribution in [2.45, 2.75) is 23.9 Å². The van der Waals surface area contributed by atoms with Crippen molar-refractivity contribution >= 4 is 34.1 Å². The van der Waals surface area contributed by atoms with E-state index in [9.17, 15) is 13.2 Å². The van der Waals surface area contributed by atoms with Gasteiger partial charge in [-0.25, -0.2) is 0 Å². The van der Waals surface area contributed by atoms with E-state index in [2.05, 4.69) is 5.16 Å².